The van der Waals surface area contributed by atoms with Crippen molar-refractivity contribution in [2.45, 2.75) is 11.3 Å². The molecule has 0 fully saturated rings. The number of halogens is 2. The van der Waals surface area contributed by atoms with Gasteiger partial charge >= 0.3 is 0 Å². The van der Waals surface area contributed by atoms with Crippen LogP contribution < -0.4 is 10.9 Å². The van der Waals surface area contributed by atoms with Crippen molar-refractivity contribution in [2.75, 3.05) is 5.75 Å². The second kappa shape index (κ2) is 8.43. The third-order valence-electron chi connectivity index (χ3n) is 2.51. The molecule has 0 spiro atoms. The van der Waals surface area contributed by atoms with Crippen LogP contribution in [0.5, 0.6) is 0 Å². The second-order valence-electron chi connectivity index (χ2n) is 4.22. The number of hydrogen-bond acceptors (Lipinski definition) is 4. The first-order valence-corrected chi connectivity index (χ1v) is 8.84. The van der Waals surface area contributed by atoms with E-state index < -0.39 is 0 Å². The zero-order valence-electron chi connectivity index (χ0n) is 11.3. The third-order valence-corrected chi connectivity index (χ3v) is 5.12. The first-order valence-electron chi connectivity index (χ1n) is 6.22. The highest BCUT2D eigenvalue weighted by Gasteiger charge is 2.09. The third kappa shape index (κ3) is 5.53. The van der Waals surface area contributed by atoms with Gasteiger partial charge in [0.2, 0.25) is 11.8 Å². The Morgan fingerprint density at radius 1 is 1.14 bits per heavy atom. The molecule has 1 heterocycles. The summed E-state index contributed by atoms with van der Waals surface area (Å²) in [6.07, 6.45) is 0.241. The normalized spacial score (nSPS) is 10.3. The zero-order valence-corrected chi connectivity index (χ0v) is 14.4. The van der Waals surface area contributed by atoms with Crippen molar-refractivity contribution in [3.05, 3.63) is 50.6 Å². The standard InChI is InChI=1S/C14H12Cl2N2O2S2/c15-9-3-4-11(16)12(6-9)22-8-14(20)18-17-13(19)7-10-2-1-5-21-10/h1-6H,7-8H2,(H,17,19)(H,18,20). The van der Waals surface area contributed by atoms with Crippen LogP contribution in [-0.2, 0) is 16.0 Å². The molecule has 0 saturated heterocycles. The molecular weight excluding hydrogens is 363 g/mol. The highest BCUT2D eigenvalue weighted by atomic mass is 35.5. The van der Waals surface area contributed by atoms with E-state index >= 15 is 0 Å². The molecular formula is C14H12Cl2N2O2S2. The lowest BCUT2D eigenvalue weighted by Crippen LogP contribution is -2.43. The van der Waals surface area contributed by atoms with Crippen LogP contribution in [0.4, 0.5) is 0 Å². The van der Waals surface area contributed by atoms with Crippen LogP contribution >= 0.6 is 46.3 Å². The van der Waals surface area contributed by atoms with Gasteiger partial charge in [-0.3, -0.25) is 20.4 Å². The monoisotopic (exact) mass is 374 g/mol. The Hall–Kier alpha value is -1.21. The molecule has 0 aliphatic heterocycles. The summed E-state index contributed by atoms with van der Waals surface area (Å²) in [5.41, 5.74) is 4.75. The molecule has 0 bridgehead atoms. The Bertz CT molecular complexity index is 663. The van der Waals surface area contributed by atoms with Gasteiger partial charge in [-0.1, -0.05) is 29.3 Å². The van der Waals surface area contributed by atoms with Gasteiger partial charge in [0.1, 0.15) is 0 Å². The van der Waals surface area contributed by atoms with E-state index in [0.29, 0.717) is 14.9 Å². The molecule has 0 unspecified atom stereocenters. The maximum absolute atomic E-state index is 11.7. The first-order chi connectivity index (χ1) is 10.5. The van der Waals surface area contributed by atoms with Crippen LogP contribution in [0.3, 0.4) is 0 Å². The number of thiophene rings is 1. The molecule has 0 aliphatic carbocycles. The van der Waals surface area contributed by atoms with Crippen molar-refractivity contribution in [3.63, 3.8) is 0 Å². The summed E-state index contributed by atoms with van der Waals surface area (Å²) < 4.78 is 0. The largest absolute Gasteiger partial charge is 0.273 e. The fraction of sp³-hybridized carbons (Fsp3) is 0.143. The van der Waals surface area contributed by atoms with Crippen molar-refractivity contribution < 1.29 is 9.59 Å². The summed E-state index contributed by atoms with van der Waals surface area (Å²) in [6.45, 7) is 0. The maximum atomic E-state index is 11.7. The van der Waals surface area contributed by atoms with Crippen LogP contribution in [0, 0.1) is 0 Å². The number of hydrogen-bond donors (Lipinski definition) is 2. The molecule has 0 atom stereocenters. The van der Waals surface area contributed by atoms with Crippen LogP contribution in [-0.4, -0.2) is 17.6 Å². The van der Waals surface area contributed by atoms with Gasteiger partial charge in [-0.2, -0.15) is 0 Å². The summed E-state index contributed by atoms with van der Waals surface area (Å²) in [6, 6.07) is 8.78. The highest BCUT2D eigenvalue weighted by molar-refractivity contribution is 8.00. The van der Waals surface area contributed by atoms with Crippen molar-refractivity contribution in [3.8, 4) is 0 Å². The summed E-state index contributed by atoms with van der Waals surface area (Å²) in [5.74, 6) is -0.457. The van der Waals surface area contributed by atoms with E-state index in [1.54, 1.807) is 18.2 Å². The number of rotatable bonds is 5. The van der Waals surface area contributed by atoms with Crippen molar-refractivity contribution >= 4 is 58.1 Å². The minimum absolute atomic E-state index is 0.124. The smallest absolute Gasteiger partial charge is 0.248 e. The van der Waals surface area contributed by atoms with E-state index in [-0.39, 0.29) is 24.0 Å². The quantitative estimate of drug-likeness (QED) is 0.621. The van der Waals surface area contributed by atoms with Crippen LogP contribution in [0.2, 0.25) is 10.0 Å². The van der Waals surface area contributed by atoms with Crippen LogP contribution in [0.1, 0.15) is 4.88 Å². The SMILES string of the molecule is O=C(CSc1cc(Cl)ccc1Cl)NNC(=O)Cc1cccs1. The lowest BCUT2D eigenvalue weighted by molar-refractivity contribution is -0.127. The summed E-state index contributed by atoms with van der Waals surface area (Å²) in [7, 11) is 0. The molecule has 22 heavy (non-hydrogen) atoms. The van der Waals surface area contributed by atoms with Gasteiger partial charge in [-0.15, -0.1) is 23.1 Å². The average molecular weight is 375 g/mol. The molecule has 8 heteroatoms. The average Bonchev–Trinajstić information content (AvgIpc) is 2.99. The highest BCUT2D eigenvalue weighted by Crippen LogP contribution is 2.29. The Balaban J connectivity index is 1.74. The predicted octanol–water partition coefficient (Wildman–Crippen LogP) is 3.54. The maximum Gasteiger partial charge on any atom is 0.248 e. The molecule has 0 aliphatic rings. The summed E-state index contributed by atoms with van der Waals surface area (Å²) in [5, 5.41) is 2.98. The number of hydrazine groups is 1. The van der Waals surface area contributed by atoms with Crippen molar-refractivity contribution in [1.29, 1.82) is 0 Å². The molecule has 2 aromatic rings. The Morgan fingerprint density at radius 3 is 2.64 bits per heavy atom. The number of amides is 2. The topological polar surface area (TPSA) is 58.2 Å². The fourth-order valence-corrected chi connectivity index (χ4v) is 3.52. The molecule has 2 amide bonds. The van der Waals surface area contributed by atoms with Crippen molar-refractivity contribution in [1.82, 2.24) is 10.9 Å². The first kappa shape index (κ1) is 17.1. The number of carbonyl (C=O) groups is 2. The van der Waals surface area contributed by atoms with E-state index in [1.807, 2.05) is 17.5 Å². The minimum Gasteiger partial charge on any atom is -0.273 e. The van der Waals surface area contributed by atoms with Gasteiger partial charge in [0.15, 0.2) is 0 Å². The lowest BCUT2D eigenvalue weighted by atomic mass is 10.3. The van der Waals surface area contributed by atoms with Gasteiger partial charge in [-0.05, 0) is 29.6 Å². The van der Waals surface area contributed by atoms with Gasteiger partial charge in [0.25, 0.3) is 0 Å². The molecule has 0 radical (unpaired) electrons. The van der Waals surface area contributed by atoms with Gasteiger partial charge in [0, 0.05) is 14.8 Å². The number of thioether (sulfide) groups is 1. The lowest BCUT2D eigenvalue weighted by Gasteiger charge is -2.07. The molecule has 1 aromatic heterocycles. The minimum atomic E-state index is -0.319. The van der Waals surface area contributed by atoms with Gasteiger partial charge in [-0.25, -0.2) is 0 Å². The molecule has 4 nitrogen and oxygen atoms in total. The zero-order chi connectivity index (χ0) is 15.9. The van der Waals surface area contributed by atoms with Crippen LogP contribution in [0.25, 0.3) is 0 Å². The van der Waals surface area contributed by atoms with Gasteiger partial charge < -0.3 is 0 Å². The second-order valence-corrected chi connectivity index (χ2v) is 7.11. The van der Waals surface area contributed by atoms with Crippen molar-refractivity contribution in [2.24, 2.45) is 0 Å². The summed E-state index contributed by atoms with van der Waals surface area (Å²) >= 11 is 14.6. The predicted molar refractivity (Wildman–Crippen MR) is 91.5 cm³/mol. The Labute approximate surface area is 146 Å². The van der Waals surface area contributed by atoms with E-state index in [4.69, 9.17) is 23.2 Å². The summed E-state index contributed by atoms with van der Waals surface area (Å²) in [4.78, 5) is 25.0. The molecule has 0 saturated carbocycles. The van der Waals surface area contributed by atoms with Crippen LogP contribution in [0.15, 0.2) is 40.6 Å². The number of carbonyl (C=O) groups excluding carboxylic acids is 2. The van der Waals surface area contributed by atoms with E-state index in [2.05, 4.69) is 10.9 Å². The number of benzene rings is 1. The van der Waals surface area contributed by atoms with E-state index in [1.165, 1.54) is 23.1 Å². The molecule has 2 rings (SSSR count). The van der Waals surface area contributed by atoms with E-state index in [9.17, 15) is 9.59 Å². The molecule has 2 N–H and O–H groups in total. The molecule has 1 aromatic carbocycles. The number of nitrogens with one attached hydrogen (secondary N) is 2. The Morgan fingerprint density at radius 2 is 1.91 bits per heavy atom. The molecule has 116 valence electrons. The Kier molecular flexibility index (Phi) is 6.57. The van der Waals surface area contributed by atoms with E-state index in [0.717, 1.165) is 4.88 Å². The van der Waals surface area contributed by atoms with Gasteiger partial charge in [0.05, 0.1) is 17.2 Å². The fourth-order valence-electron chi connectivity index (χ4n) is 1.52.